The highest BCUT2D eigenvalue weighted by Gasteiger charge is 2.07. The van der Waals surface area contributed by atoms with Gasteiger partial charge in [0.25, 0.3) is 0 Å². The molecule has 1 aromatic rings. The predicted molar refractivity (Wildman–Crippen MR) is 107 cm³/mol. The van der Waals surface area contributed by atoms with Gasteiger partial charge in [-0.25, -0.2) is 0 Å². The van der Waals surface area contributed by atoms with Crippen LogP contribution in [0.3, 0.4) is 0 Å². The Kier molecular flexibility index (Phi) is 11.0. The van der Waals surface area contributed by atoms with Gasteiger partial charge in [0, 0.05) is 25.4 Å². The van der Waals surface area contributed by atoms with E-state index in [4.69, 9.17) is 4.99 Å². The maximum absolute atomic E-state index is 4.71. The minimum atomic E-state index is 0. The first-order valence-electron chi connectivity index (χ1n) is 7.14. The lowest BCUT2D eigenvalue weighted by atomic mass is 10.1. The second kappa shape index (κ2) is 11.2. The molecule has 3 nitrogen and oxygen atoms in total. The summed E-state index contributed by atoms with van der Waals surface area (Å²) in [5.74, 6) is 0.981. The normalized spacial score (nSPS) is 12.5. The molecule has 5 heteroatoms. The molecule has 1 N–H and O–H groups in total. The lowest BCUT2D eigenvalue weighted by Crippen LogP contribution is -2.38. The molecular formula is C16H28IN3S. The van der Waals surface area contributed by atoms with E-state index in [0.29, 0.717) is 5.25 Å². The Hall–Kier alpha value is -0.430. The minimum absolute atomic E-state index is 0. The lowest BCUT2D eigenvalue weighted by molar-refractivity contribution is 0.477. The Balaban J connectivity index is 0.00000400. The van der Waals surface area contributed by atoms with Gasteiger partial charge in [-0.3, -0.25) is 4.99 Å². The van der Waals surface area contributed by atoms with Crippen molar-refractivity contribution in [3.8, 4) is 0 Å². The largest absolute Gasteiger partial charge is 0.357 e. The summed E-state index contributed by atoms with van der Waals surface area (Å²) in [5, 5.41) is 3.91. The molecule has 0 aromatic heterocycles. The van der Waals surface area contributed by atoms with Crippen molar-refractivity contribution in [3.63, 3.8) is 0 Å². The lowest BCUT2D eigenvalue weighted by Gasteiger charge is -2.22. The summed E-state index contributed by atoms with van der Waals surface area (Å²) in [7, 11) is 2.09. The van der Waals surface area contributed by atoms with Crippen molar-refractivity contribution in [3.05, 3.63) is 35.4 Å². The van der Waals surface area contributed by atoms with Crippen LogP contribution in [0.1, 0.15) is 25.0 Å². The first-order chi connectivity index (χ1) is 9.56. The molecule has 0 fully saturated rings. The van der Waals surface area contributed by atoms with Gasteiger partial charge in [0.05, 0.1) is 6.54 Å². The van der Waals surface area contributed by atoms with Gasteiger partial charge in [-0.2, -0.15) is 11.8 Å². The smallest absolute Gasteiger partial charge is 0.193 e. The monoisotopic (exact) mass is 421 g/mol. The summed E-state index contributed by atoms with van der Waals surface area (Å²) in [6.45, 7) is 9.04. The van der Waals surface area contributed by atoms with Crippen molar-refractivity contribution in [2.45, 2.75) is 32.6 Å². The topological polar surface area (TPSA) is 27.6 Å². The van der Waals surface area contributed by atoms with Gasteiger partial charge in [0.1, 0.15) is 0 Å². The fraction of sp³-hybridized carbons (Fsp3) is 0.562. The van der Waals surface area contributed by atoms with E-state index >= 15 is 0 Å². The van der Waals surface area contributed by atoms with Crippen LogP contribution in [0.15, 0.2) is 29.3 Å². The Morgan fingerprint density at radius 1 is 1.33 bits per heavy atom. The summed E-state index contributed by atoms with van der Waals surface area (Å²) < 4.78 is 0. The number of aryl methyl sites for hydroxylation is 1. The third-order valence-corrected chi connectivity index (χ3v) is 4.09. The minimum Gasteiger partial charge on any atom is -0.357 e. The molecular weight excluding hydrogens is 393 g/mol. The van der Waals surface area contributed by atoms with Crippen LogP contribution in [-0.4, -0.2) is 42.5 Å². The van der Waals surface area contributed by atoms with E-state index in [1.807, 2.05) is 11.8 Å². The molecule has 0 saturated heterocycles. The maximum Gasteiger partial charge on any atom is 0.193 e. The molecule has 0 heterocycles. The van der Waals surface area contributed by atoms with Crippen LogP contribution in [0.2, 0.25) is 0 Å². The second-order valence-corrected chi connectivity index (χ2v) is 6.36. The summed E-state index contributed by atoms with van der Waals surface area (Å²) in [6.07, 6.45) is 2.13. The van der Waals surface area contributed by atoms with Crippen LogP contribution in [-0.2, 0) is 6.54 Å². The molecule has 1 atom stereocenters. The van der Waals surface area contributed by atoms with Crippen molar-refractivity contribution in [1.29, 1.82) is 0 Å². The third kappa shape index (κ3) is 7.95. The molecule has 120 valence electrons. The molecule has 0 aliphatic carbocycles. The molecule has 0 aliphatic heterocycles. The van der Waals surface area contributed by atoms with Gasteiger partial charge in [0.2, 0.25) is 0 Å². The number of hydrogen-bond acceptors (Lipinski definition) is 2. The van der Waals surface area contributed by atoms with Crippen LogP contribution in [0.5, 0.6) is 0 Å². The van der Waals surface area contributed by atoms with Crippen molar-refractivity contribution < 1.29 is 0 Å². The van der Waals surface area contributed by atoms with Crippen LogP contribution >= 0.6 is 35.7 Å². The standard InChI is InChI=1S/C16H27N3S.HI/c1-6-17-16(18-11-14(3)20-5)19(4)12-15-9-7-13(2)8-10-15;/h7-10,14H,6,11-12H2,1-5H3,(H,17,18);1H. The van der Waals surface area contributed by atoms with E-state index < -0.39 is 0 Å². The highest BCUT2D eigenvalue weighted by atomic mass is 127. The number of benzene rings is 1. The van der Waals surface area contributed by atoms with Crippen LogP contribution < -0.4 is 5.32 Å². The molecule has 0 aliphatic rings. The fourth-order valence-corrected chi connectivity index (χ4v) is 2.03. The van der Waals surface area contributed by atoms with Crippen molar-refractivity contribution in [2.24, 2.45) is 4.99 Å². The summed E-state index contributed by atoms with van der Waals surface area (Å²) in [6, 6.07) is 8.67. The third-order valence-electron chi connectivity index (χ3n) is 3.14. The highest BCUT2D eigenvalue weighted by Crippen LogP contribution is 2.08. The number of thioether (sulfide) groups is 1. The molecule has 1 rings (SSSR count). The average molecular weight is 421 g/mol. The number of aliphatic imine (C=N–C) groups is 1. The second-order valence-electron chi connectivity index (χ2n) is 5.08. The van der Waals surface area contributed by atoms with Gasteiger partial charge in [0.15, 0.2) is 5.96 Å². The number of hydrogen-bond donors (Lipinski definition) is 1. The van der Waals surface area contributed by atoms with E-state index in [9.17, 15) is 0 Å². The van der Waals surface area contributed by atoms with Crippen LogP contribution in [0.4, 0.5) is 0 Å². The molecule has 1 unspecified atom stereocenters. The van der Waals surface area contributed by atoms with Crippen LogP contribution in [0, 0.1) is 6.92 Å². The Bertz CT molecular complexity index is 420. The Morgan fingerprint density at radius 3 is 2.48 bits per heavy atom. The molecule has 0 radical (unpaired) electrons. The summed E-state index contributed by atoms with van der Waals surface area (Å²) in [4.78, 5) is 6.89. The Morgan fingerprint density at radius 2 is 1.95 bits per heavy atom. The first kappa shape index (κ1) is 20.6. The maximum atomic E-state index is 4.71. The summed E-state index contributed by atoms with van der Waals surface area (Å²) >= 11 is 1.85. The number of nitrogens with one attached hydrogen (secondary N) is 1. The van der Waals surface area contributed by atoms with E-state index in [-0.39, 0.29) is 24.0 Å². The Labute approximate surface area is 151 Å². The SMILES string of the molecule is CCNC(=NCC(C)SC)N(C)Cc1ccc(C)cc1.I. The van der Waals surface area contributed by atoms with Gasteiger partial charge >= 0.3 is 0 Å². The van der Waals surface area contributed by atoms with Crippen molar-refractivity contribution >= 4 is 41.7 Å². The predicted octanol–water partition coefficient (Wildman–Crippen LogP) is 3.76. The zero-order valence-electron chi connectivity index (χ0n) is 13.7. The molecule has 0 saturated carbocycles. The first-order valence-corrected chi connectivity index (χ1v) is 8.43. The van der Waals surface area contributed by atoms with E-state index in [1.54, 1.807) is 0 Å². The highest BCUT2D eigenvalue weighted by molar-refractivity contribution is 14.0. The van der Waals surface area contributed by atoms with Crippen molar-refractivity contribution in [2.75, 3.05) is 26.4 Å². The van der Waals surface area contributed by atoms with E-state index in [1.165, 1.54) is 11.1 Å². The van der Waals surface area contributed by atoms with Crippen molar-refractivity contribution in [1.82, 2.24) is 10.2 Å². The van der Waals surface area contributed by atoms with Gasteiger partial charge in [-0.05, 0) is 25.7 Å². The zero-order chi connectivity index (χ0) is 15.0. The number of nitrogens with zero attached hydrogens (tertiary/aromatic N) is 2. The molecule has 0 spiro atoms. The average Bonchev–Trinajstić information content (AvgIpc) is 2.45. The van der Waals surface area contributed by atoms with Gasteiger partial charge in [-0.1, -0.05) is 36.8 Å². The quantitative estimate of drug-likeness (QED) is 0.431. The number of guanidine groups is 1. The fourth-order valence-electron chi connectivity index (χ4n) is 1.80. The number of rotatable bonds is 6. The van der Waals surface area contributed by atoms with E-state index in [0.717, 1.165) is 25.6 Å². The van der Waals surface area contributed by atoms with Crippen LogP contribution in [0.25, 0.3) is 0 Å². The van der Waals surface area contributed by atoms with E-state index in [2.05, 4.69) is 68.6 Å². The molecule has 0 bridgehead atoms. The molecule has 1 aromatic carbocycles. The van der Waals surface area contributed by atoms with Gasteiger partial charge < -0.3 is 10.2 Å². The molecule has 0 amide bonds. The molecule has 21 heavy (non-hydrogen) atoms. The van der Waals surface area contributed by atoms with Gasteiger partial charge in [-0.15, -0.1) is 24.0 Å². The zero-order valence-corrected chi connectivity index (χ0v) is 16.9. The number of halogens is 1. The summed E-state index contributed by atoms with van der Waals surface area (Å²) in [5.41, 5.74) is 2.60.